The summed E-state index contributed by atoms with van der Waals surface area (Å²) in [6, 6.07) is 0. The maximum absolute atomic E-state index is 11.8. The molecule has 0 aromatic carbocycles. The predicted molar refractivity (Wildman–Crippen MR) is 101 cm³/mol. The Morgan fingerprint density at radius 3 is 1.14 bits per heavy atom. The van der Waals surface area contributed by atoms with Crippen molar-refractivity contribution in [1.82, 2.24) is 0 Å². The molecule has 0 aliphatic carbocycles. The van der Waals surface area contributed by atoms with Crippen LogP contribution in [0.2, 0.25) is 0 Å². The molecule has 0 amide bonds. The lowest BCUT2D eigenvalue weighted by Gasteiger charge is -2.25. The van der Waals surface area contributed by atoms with Crippen LogP contribution in [0, 0.1) is 0 Å². The Labute approximate surface area is 164 Å². The molecule has 0 bridgehead atoms. The molecule has 0 saturated heterocycles. The fourth-order valence-corrected chi connectivity index (χ4v) is 1.78. The molecule has 0 aromatic heterocycles. The Balaban J connectivity index is 5.45. The van der Waals surface area contributed by atoms with Crippen LogP contribution in [0.5, 0.6) is 0 Å². The Hall–Kier alpha value is -3.16. The highest BCUT2D eigenvalue weighted by molar-refractivity contribution is 5.84. The third kappa shape index (κ3) is 11.5. The molecule has 0 rings (SSSR count). The standard InChI is InChI=1S/C20H26O8/c1-5-9-17(21)25-13-15(27-19(23)11-7-3)16(28-20(24)12-8-4)14-26-18(22)10-6-2/h5-12,15-16H,13-14H2,1-4H3/b9-5+,10-6+,11-7+,12-8+. The molecule has 2 unspecified atom stereocenters. The molecule has 0 saturated carbocycles. The van der Waals surface area contributed by atoms with Gasteiger partial charge in [-0.2, -0.15) is 0 Å². The number of carbonyl (C=O) groups excluding carboxylic acids is 4. The second-order valence-corrected chi connectivity index (χ2v) is 5.21. The van der Waals surface area contributed by atoms with E-state index in [2.05, 4.69) is 0 Å². The largest absolute Gasteiger partial charge is 0.458 e. The Morgan fingerprint density at radius 2 is 0.857 bits per heavy atom. The number of hydrogen-bond donors (Lipinski definition) is 0. The van der Waals surface area contributed by atoms with Crippen LogP contribution in [0.25, 0.3) is 0 Å². The van der Waals surface area contributed by atoms with E-state index in [-0.39, 0.29) is 0 Å². The van der Waals surface area contributed by atoms with E-state index in [4.69, 9.17) is 18.9 Å². The van der Waals surface area contributed by atoms with Gasteiger partial charge in [-0.1, -0.05) is 24.3 Å². The van der Waals surface area contributed by atoms with Crippen molar-refractivity contribution in [2.75, 3.05) is 13.2 Å². The summed E-state index contributed by atoms with van der Waals surface area (Å²) in [6.45, 7) is 5.69. The number of esters is 4. The van der Waals surface area contributed by atoms with Gasteiger partial charge in [0.05, 0.1) is 0 Å². The van der Waals surface area contributed by atoms with Gasteiger partial charge in [0, 0.05) is 24.3 Å². The summed E-state index contributed by atoms with van der Waals surface area (Å²) in [5.41, 5.74) is 0. The third-order valence-corrected chi connectivity index (χ3v) is 2.94. The van der Waals surface area contributed by atoms with Crippen molar-refractivity contribution in [2.24, 2.45) is 0 Å². The zero-order valence-corrected chi connectivity index (χ0v) is 16.5. The van der Waals surface area contributed by atoms with Crippen molar-refractivity contribution in [3.05, 3.63) is 48.6 Å². The van der Waals surface area contributed by atoms with E-state index in [0.717, 1.165) is 12.2 Å². The third-order valence-electron chi connectivity index (χ3n) is 2.94. The van der Waals surface area contributed by atoms with Gasteiger partial charge in [-0.3, -0.25) is 0 Å². The van der Waals surface area contributed by atoms with Crippen LogP contribution in [0.1, 0.15) is 27.7 Å². The topological polar surface area (TPSA) is 105 Å². The Morgan fingerprint density at radius 1 is 0.571 bits per heavy atom. The molecule has 0 N–H and O–H groups in total. The number of allylic oxidation sites excluding steroid dienone is 4. The van der Waals surface area contributed by atoms with Gasteiger partial charge in [0.15, 0.2) is 12.2 Å². The van der Waals surface area contributed by atoms with E-state index < -0.39 is 49.3 Å². The van der Waals surface area contributed by atoms with Crippen LogP contribution >= 0.6 is 0 Å². The second-order valence-electron chi connectivity index (χ2n) is 5.21. The summed E-state index contributed by atoms with van der Waals surface area (Å²) in [5, 5.41) is 0. The van der Waals surface area contributed by atoms with E-state index in [1.165, 1.54) is 36.5 Å². The average Bonchev–Trinajstić information content (AvgIpc) is 2.63. The van der Waals surface area contributed by atoms with Gasteiger partial charge < -0.3 is 18.9 Å². The molecule has 0 heterocycles. The molecular weight excluding hydrogens is 368 g/mol. The van der Waals surface area contributed by atoms with Crippen molar-refractivity contribution in [3.8, 4) is 0 Å². The second kappa shape index (κ2) is 15.0. The van der Waals surface area contributed by atoms with Gasteiger partial charge in [0.2, 0.25) is 0 Å². The normalized spacial score (nSPS) is 13.7. The predicted octanol–water partition coefficient (Wildman–Crippen LogP) is 2.20. The molecule has 8 nitrogen and oxygen atoms in total. The Kier molecular flexibility index (Phi) is 13.3. The zero-order chi connectivity index (χ0) is 21.4. The summed E-state index contributed by atoms with van der Waals surface area (Å²) in [7, 11) is 0. The summed E-state index contributed by atoms with van der Waals surface area (Å²) in [6.07, 6.45) is 8.15. The van der Waals surface area contributed by atoms with E-state index >= 15 is 0 Å². The van der Waals surface area contributed by atoms with Gasteiger partial charge in [-0.25, -0.2) is 19.2 Å². The van der Waals surface area contributed by atoms with Crippen LogP contribution in [0.3, 0.4) is 0 Å². The van der Waals surface area contributed by atoms with Crippen LogP contribution in [-0.4, -0.2) is 49.3 Å². The van der Waals surface area contributed by atoms with Crippen LogP contribution in [0.15, 0.2) is 48.6 Å². The average molecular weight is 394 g/mol. The van der Waals surface area contributed by atoms with Crippen molar-refractivity contribution in [2.45, 2.75) is 39.9 Å². The number of carbonyl (C=O) groups is 4. The molecular formula is C20H26O8. The first-order valence-electron chi connectivity index (χ1n) is 8.63. The number of ether oxygens (including phenoxy) is 4. The first-order valence-corrected chi connectivity index (χ1v) is 8.63. The summed E-state index contributed by atoms with van der Waals surface area (Å²) < 4.78 is 20.4. The fourth-order valence-electron chi connectivity index (χ4n) is 1.78. The zero-order valence-electron chi connectivity index (χ0n) is 16.5. The SMILES string of the molecule is C/C=C/C(=O)OCC(OC(=O)/C=C/C)C(COC(=O)/C=C/C)OC(=O)/C=C/C. The molecule has 0 radical (unpaired) electrons. The van der Waals surface area contributed by atoms with Gasteiger partial charge >= 0.3 is 23.9 Å². The molecule has 2 atom stereocenters. The smallest absolute Gasteiger partial charge is 0.330 e. The highest BCUT2D eigenvalue weighted by Gasteiger charge is 2.30. The molecule has 0 fully saturated rings. The van der Waals surface area contributed by atoms with Gasteiger partial charge in [-0.15, -0.1) is 0 Å². The van der Waals surface area contributed by atoms with Gasteiger partial charge in [-0.05, 0) is 27.7 Å². The van der Waals surface area contributed by atoms with Crippen LogP contribution < -0.4 is 0 Å². The lowest BCUT2D eigenvalue weighted by atomic mass is 10.2. The molecule has 0 spiro atoms. The minimum Gasteiger partial charge on any atom is -0.458 e. The molecule has 154 valence electrons. The highest BCUT2D eigenvalue weighted by Crippen LogP contribution is 2.10. The minimum absolute atomic E-state index is 0.401. The lowest BCUT2D eigenvalue weighted by Crippen LogP contribution is -2.42. The monoisotopic (exact) mass is 394 g/mol. The molecule has 0 aromatic rings. The maximum Gasteiger partial charge on any atom is 0.330 e. The first-order chi connectivity index (χ1) is 13.4. The molecule has 28 heavy (non-hydrogen) atoms. The molecule has 0 aliphatic rings. The van der Waals surface area contributed by atoms with Gasteiger partial charge in [0.25, 0.3) is 0 Å². The van der Waals surface area contributed by atoms with Crippen molar-refractivity contribution in [3.63, 3.8) is 0 Å². The number of hydrogen-bond acceptors (Lipinski definition) is 8. The quantitative estimate of drug-likeness (QED) is 0.298. The fraction of sp³-hybridized carbons (Fsp3) is 0.400. The summed E-state index contributed by atoms with van der Waals surface area (Å²) in [4.78, 5) is 46.8. The van der Waals surface area contributed by atoms with Crippen molar-refractivity contribution < 1.29 is 38.1 Å². The molecule has 0 aliphatic heterocycles. The lowest BCUT2D eigenvalue weighted by molar-refractivity contribution is -0.175. The minimum atomic E-state index is -1.19. The van der Waals surface area contributed by atoms with Crippen molar-refractivity contribution >= 4 is 23.9 Å². The van der Waals surface area contributed by atoms with E-state index in [1.54, 1.807) is 27.7 Å². The van der Waals surface area contributed by atoms with E-state index in [9.17, 15) is 19.2 Å². The maximum atomic E-state index is 11.8. The molecule has 8 heteroatoms. The van der Waals surface area contributed by atoms with Crippen molar-refractivity contribution in [1.29, 1.82) is 0 Å². The van der Waals surface area contributed by atoms with Crippen LogP contribution in [0.4, 0.5) is 0 Å². The van der Waals surface area contributed by atoms with E-state index in [1.807, 2.05) is 0 Å². The summed E-state index contributed by atoms with van der Waals surface area (Å²) in [5.74, 6) is -2.80. The number of rotatable bonds is 11. The van der Waals surface area contributed by atoms with Gasteiger partial charge in [0.1, 0.15) is 13.2 Å². The van der Waals surface area contributed by atoms with Crippen LogP contribution in [-0.2, 0) is 38.1 Å². The first kappa shape index (κ1) is 24.8. The highest BCUT2D eigenvalue weighted by atomic mass is 16.6. The summed E-state index contributed by atoms with van der Waals surface area (Å²) >= 11 is 0. The van der Waals surface area contributed by atoms with E-state index in [0.29, 0.717) is 0 Å². The Bertz CT molecular complexity index is 587.